The molecule has 28 heavy (non-hydrogen) atoms. The molecule has 2 aliphatic rings. The second kappa shape index (κ2) is 7.63. The number of carbonyl (C=O) groups excluding carboxylic acids is 2. The van der Waals surface area contributed by atoms with Crippen molar-refractivity contribution < 1.29 is 9.59 Å². The zero-order chi connectivity index (χ0) is 19.7. The Morgan fingerprint density at radius 3 is 2.29 bits per heavy atom. The zero-order valence-electron chi connectivity index (χ0n) is 16.5. The molecule has 4 rings (SSSR count). The Kier molecular flexibility index (Phi) is 5.19. The summed E-state index contributed by atoms with van der Waals surface area (Å²) in [5, 5.41) is 0. The lowest BCUT2D eigenvalue weighted by Crippen LogP contribution is -2.53. The highest BCUT2D eigenvalue weighted by molar-refractivity contribution is 8.02. The number of piperidine rings is 1. The molecule has 2 heterocycles. The molecule has 0 N–H and O–H groups in total. The molecule has 0 aromatic heterocycles. The largest absolute Gasteiger partial charge is 0.338 e. The summed E-state index contributed by atoms with van der Waals surface area (Å²) in [5.41, 5.74) is 4.14. The first-order chi connectivity index (χ1) is 13.5. The lowest BCUT2D eigenvalue weighted by atomic mass is 9.99. The SMILES string of the molecule is CCc1ccc(C(=O)N2CCC3(CC2)SCC(=O)N3c2ccc(C)cc2)cc1. The molecule has 2 aromatic rings. The Bertz CT molecular complexity index is 868. The number of rotatable bonds is 3. The van der Waals surface area contributed by atoms with E-state index in [1.807, 2.05) is 46.2 Å². The molecule has 4 nitrogen and oxygen atoms in total. The van der Waals surface area contributed by atoms with E-state index in [2.05, 4.69) is 26.0 Å². The van der Waals surface area contributed by atoms with E-state index in [0.717, 1.165) is 30.5 Å². The molecular weight excluding hydrogens is 368 g/mol. The lowest BCUT2D eigenvalue weighted by Gasteiger charge is -2.44. The van der Waals surface area contributed by atoms with Gasteiger partial charge in [-0.25, -0.2) is 0 Å². The Morgan fingerprint density at radius 1 is 1.04 bits per heavy atom. The predicted molar refractivity (Wildman–Crippen MR) is 115 cm³/mol. The van der Waals surface area contributed by atoms with Crippen molar-refractivity contribution in [2.45, 2.75) is 38.0 Å². The monoisotopic (exact) mass is 394 g/mol. The molecule has 2 saturated heterocycles. The van der Waals surface area contributed by atoms with Crippen LogP contribution in [0.2, 0.25) is 0 Å². The maximum Gasteiger partial charge on any atom is 0.253 e. The van der Waals surface area contributed by atoms with Crippen LogP contribution in [0.1, 0.15) is 41.3 Å². The van der Waals surface area contributed by atoms with E-state index in [9.17, 15) is 9.59 Å². The highest BCUT2D eigenvalue weighted by atomic mass is 32.2. The highest BCUT2D eigenvalue weighted by Crippen LogP contribution is 2.46. The number of benzene rings is 2. The van der Waals surface area contributed by atoms with E-state index in [4.69, 9.17) is 0 Å². The third kappa shape index (κ3) is 3.44. The molecule has 1 spiro atoms. The van der Waals surface area contributed by atoms with E-state index in [-0.39, 0.29) is 16.7 Å². The van der Waals surface area contributed by atoms with Crippen molar-refractivity contribution in [2.24, 2.45) is 0 Å². The molecular formula is C23H26N2O2S. The van der Waals surface area contributed by atoms with Crippen LogP contribution in [0.5, 0.6) is 0 Å². The fraction of sp³-hybridized carbons (Fsp3) is 0.391. The van der Waals surface area contributed by atoms with Crippen molar-refractivity contribution in [3.05, 3.63) is 65.2 Å². The van der Waals surface area contributed by atoms with Crippen LogP contribution in [0.3, 0.4) is 0 Å². The maximum absolute atomic E-state index is 12.9. The number of carbonyl (C=O) groups is 2. The van der Waals surface area contributed by atoms with Crippen molar-refractivity contribution >= 4 is 29.3 Å². The number of amides is 2. The van der Waals surface area contributed by atoms with Gasteiger partial charge in [0.15, 0.2) is 0 Å². The molecule has 2 aliphatic heterocycles. The van der Waals surface area contributed by atoms with Gasteiger partial charge in [-0.3, -0.25) is 14.5 Å². The van der Waals surface area contributed by atoms with Crippen LogP contribution in [-0.4, -0.2) is 40.4 Å². The summed E-state index contributed by atoms with van der Waals surface area (Å²) < 4.78 is 0. The van der Waals surface area contributed by atoms with Crippen molar-refractivity contribution in [3.8, 4) is 0 Å². The van der Waals surface area contributed by atoms with Gasteiger partial charge in [-0.15, -0.1) is 11.8 Å². The minimum atomic E-state index is -0.227. The van der Waals surface area contributed by atoms with Gasteiger partial charge >= 0.3 is 0 Å². The van der Waals surface area contributed by atoms with Crippen molar-refractivity contribution in [1.82, 2.24) is 4.90 Å². The van der Waals surface area contributed by atoms with E-state index in [1.54, 1.807) is 11.8 Å². The fourth-order valence-electron chi connectivity index (χ4n) is 4.12. The summed E-state index contributed by atoms with van der Waals surface area (Å²) in [4.78, 5) is 29.2. The molecule has 0 atom stereocenters. The normalized spacial score (nSPS) is 18.7. The molecule has 0 bridgehead atoms. The van der Waals surface area contributed by atoms with Crippen molar-refractivity contribution in [1.29, 1.82) is 0 Å². The van der Waals surface area contributed by atoms with Gasteiger partial charge in [0.25, 0.3) is 5.91 Å². The van der Waals surface area contributed by atoms with Crippen LogP contribution in [0.15, 0.2) is 48.5 Å². The van der Waals surface area contributed by atoms with Gasteiger partial charge in [0.1, 0.15) is 0 Å². The summed E-state index contributed by atoms with van der Waals surface area (Å²) in [5.74, 6) is 0.776. The predicted octanol–water partition coefficient (Wildman–Crippen LogP) is 4.27. The van der Waals surface area contributed by atoms with Gasteiger partial charge in [0.05, 0.1) is 10.6 Å². The van der Waals surface area contributed by atoms with E-state index >= 15 is 0 Å². The van der Waals surface area contributed by atoms with Gasteiger partial charge in [-0.05, 0) is 56.0 Å². The van der Waals surface area contributed by atoms with Crippen LogP contribution in [-0.2, 0) is 11.2 Å². The minimum Gasteiger partial charge on any atom is -0.338 e. The van der Waals surface area contributed by atoms with Crippen LogP contribution in [0.4, 0.5) is 5.69 Å². The van der Waals surface area contributed by atoms with Crippen molar-refractivity contribution in [2.75, 3.05) is 23.7 Å². The van der Waals surface area contributed by atoms with E-state index in [1.165, 1.54) is 11.1 Å². The Labute approximate surface area is 170 Å². The molecule has 0 radical (unpaired) electrons. The number of hydrogen-bond acceptors (Lipinski definition) is 3. The van der Waals surface area contributed by atoms with Gasteiger partial charge in [-0.1, -0.05) is 36.8 Å². The highest BCUT2D eigenvalue weighted by Gasteiger charge is 2.49. The van der Waals surface area contributed by atoms with E-state index < -0.39 is 0 Å². The summed E-state index contributed by atoms with van der Waals surface area (Å²) >= 11 is 1.73. The minimum absolute atomic E-state index is 0.0914. The molecule has 2 aromatic carbocycles. The molecule has 0 unspecified atom stereocenters. The third-order valence-electron chi connectivity index (χ3n) is 5.85. The van der Waals surface area contributed by atoms with Crippen LogP contribution in [0, 0.1) is 6.92 Å². The zero-order valence-corrected chi connectivity index (χ0v) is 17.3. The first kappa shape index (κ1) is 19.1. The smallest absolute Gasteiger partial charge is 0.253 e. The number of anilines is 1. The van der Waals surface area contributed by atoms with Crippen LogP contribution < -0.4 is 4.90 Å². The average molecular weight is 395 g/mol. The van der Waals surface area contributed by atoms with Crippen LogP contribution in [0.25, 0.3) is 0 Å². The quantitative estimate of drug-likeness (QED) is 0.781. The van der Waals surface area contributed by atoms with Gasteiger partial charge < -0.3 is 4.90 Å². The molecule has 0 saturated carbocycles. The third-order valence-corrected chi connectivity index (χ3v) is 7.37. The van der Waals surface area contributed by atoms with E-state index in [0.29, 0.717) is 18.8 Å². The number of nitrogens with zero attached hydrogens (tertiary/aromatic N) is 2. The first-order valence-corrected chi connectivity index (χ1v) is 10.9. The molecule has 2 amide bonds. The molecule has 2 fully saturated rings. The first-order valence-electron chi connectivity index (χ1n) is 9.94. The number of thioether (sulfide) groups is 1. The molecule has 146 valence electrons. The fourth-order valence-corrected chi connectivity index (χ4v) is 5.45. The second-order valence-corrected chi connectivity index (χ2v) is 8.98. The second-order valence-electron chi connectivity index (χ2n) is 7.64. The number of hydrogen-bond donors (Lipinski definition) is 0. The average Bonchev–Trinajstić information content (AvgIpc) is 3.04. The van der Waals surface area contributed by atoms with Gasteiger partial charge in [0, 0.05) is 24.3 Å². The molecule has 0 aliphatic carbocycles. The van der Waals surface area contributed by atoms with Crippen LogP contribution >= 0.6 is 11.8 Å². The number of likely N-dealkylation sites (tertiary alicyclic amines) is 1. The summed E-state index contributed by atoms with van der Waals surface area (Å²) in [7, 11) is 0. The number of aryl methyl sites for hydroxylation is 2. The summed E-state index contributed by atoms with van der Waals surface area (Å²) in [6.45, 7) is 5.52. The topological polar surface area (TPSA) is 40.6 Å². The standard InChI is InChI=1S/C23H26N2O2S/c1-3-18-6-8-19(9-7-18)22(27)24-14-12-23(13-15-24)25(21(26)16-28-23)20-10-4-17(2)5-11-20/h4-11H,3,12-16H2,1-2H3. The maximum atomic E-state index is 12.9. The van der Waals surface area contributed by atoms with Gasteiger partial charge in [0.2, 0.25) is 5.91 Å². The Hall–Kier alpha value is -2.27. The van der Waals surface area contributed by atoms with Gasteiger partial charge in [-0.2, -0.15) is 0 Å². The summed E-state index contributed by atoms with van der Waals surface area (Å²) in [6, 6.07) is 16.1. The molecule has 5 heteroatoms. The summed E-state index contributed by atoms with van der Waals surface area (Å²) in [6.07, 6.45) is 2.58. The Morgan fingerprint density at radius 2 is 1.68 bits per heavy atom. The Balaban J connectivity index is 1.49. The van der Waals surface area contributed by atoms with Crippen molar-refractivity contribution in [3.63, 3.8) is 0 Å². The lowest BCUT2D eigenvalue weighted by molar-refractivity contribution is -0.116.